The maximum atomic E-state index is 13.8. The topological polar surface area (TPSA) is 64.1 Å². The molecular formula is C26H37N3O3. The molecule has 2 amide bonds. The van der Waals surface area contributed by atoms with E-state index in [1.165, 1.54) is 19.3 Å². The van der Waals surface area contributed by atoms with Crippen molar-refractivity contribution < 1.29 is 14.7 Å². The lowest BCUT2D eigenvalue weighted by molar-refractivity contribution is -0.140. The number of hydrogen-bond acceptors (Lipinski definition) is 5. The van der Waals surface area contributed by atoms with Crippen LogP contribution in [0.25, 0.3) is 5.57 Å². The number of β-amino-alcohol motifs (C(OH)–C–C–N with tert-alkyl or cyclic N) is 1. The van der Waals surface area contributed by atoms with Crippen molar-refractivity contribution in [2.24, 2.45) is 0 Å². The van der Waals surface area contributed by atoms with Gasteiger partial charge in [0.1, 0.15) is 5.70 Å². The maximum absolute atomic E-state index is 13.8. The number of imide groups is 1. The number of piperazine rings is 1. The molecule has 4 rings (SSSR count). The van der Waals surface area contributed by atoms with Crippen LogP contribution in [-0.4, -0.2) is 77.0 Å². The third-order valence-corrected chi connectivity index (χ3v) is 7.29. The van der Waals surface area contributed by atoms with Crippen molar-refractivity contribution >= 4 is 17.4 Å². The molecule has 6 heteroatoms. The summed E-state index contributed by atoms with van der Waals surface area (Å²) in [6.07, 6.45) is 7.60. The zero-order valence-corrected chi connectivity index (χ0v) is 19.6. The van der Waals surface area contributed by atoms with Crippen molar-refractivity contribution in [3.63, 3.8) is 0 Å². The van der Waals surface area contributed by atoms with Crippen LogP contribution in [0.15, 0.2) is 23.9 Å². The molecule has 32 heavy (non-hydrogen) atoms. The highest BCUT2D eigenvalue weighted by Gasteiger charge is 2.45. The average Bonchev–Trinajstić information content (AvgIpc) is 2.99. The molecule has 6 nitrogen and oxygen atoms in total. The molecule has 0 bridgehead atoms. The van der Waals surface area contributed by atoms with E-state index in [0.29, 0.717) is 30.9 Å². The summed E-state index contributed by atoms with van der Waals surface area (Å²) in [6.45, 7) is 7.84. The quantitative estimate of drug-likeness (QED) is 0.715. The lowest BCUT2D eigenvalue weighted by atomic mass is 9.95. The summed E-state index contributed by atoms with van der Waals surface area (Å²) in [7, 11) is 0. The molecule has 174 valence electrons. The third kappa shape index (κ3) is 4.62. The van der Waals surface area contributed by atoms with Gasteiger partial charge in [0.15, 0.2) is 0 Å². The number of aryl methyl sites for hydroxylation is 2. The molecule has 3 aliphatic rings. The largest absolute Gasteiger partial charge is 0.395 e. The fraction of sp³-hybridized carbons (Fsp3) is 0.615. The number of amides is 2. The van der Waals surface area contributed by atoms with Gasteiger partial charge >= 0.3 is 0 Å². The molecule has 1 aromatic carbocycles. The Balaban J connectivity index is 1.69. The standard InChI is InChI=1S/C26H37N3O3/c1-19-10-11-22(20(2)18-19)23-24(28-14-12-27(13-15-28)16-17-30)26(32)29(25(23)31)21-8-6-4-3-5-7-9-21/h10-11,18,21,30H,3-9,12-17H2,1-2H3. The molecule has 0 unspecified atom stereocenters. The van der Waals surface area contributed by atoms with E-state index in [1.54, 1.807) is 4.90 Å². The summed E-state index contributed by atoms with van der Waals surface area (Å²) in [6, 6.07) is 6.14. The highest BCUT2D eigenvalue weighted by Crippen LogP contribution is 2.37. The molecule has 1 aliphatic carbocycles. The third-order valence-electron chi connectivity index (χ3n) is 7.29. The summed E-state index contributed by atoms with van der Waals surface area (Å²) in [5.74, 6) is -0.216. The minimum atomic E-state index is -0.111. The Labute approximate surface area is 191 Å². The van der Waals surface area contributed by atoms with E-state index < -0.39 is 0 Å². The normalized spacial score (nSPS) is 22.0. The van der Waals surface area contributed by atoms with Gasteiger partial charge in [-0.25, -0.2) is 0 Å². The Kier molecular flexibility index (Phi) is 7.31. The van der Waals surface area contributed by atoms with Crippen LogP contribution in [0, 0.1) is 13.8 Å². The number of hydrogen-bond donors (Lipinski definition) is 1. The van der Waals surface area contributed by atoms with Crippen LogP contribution in [0.3, 0.4) is 0 Å². The number of benzene rings is 1. The molecule has 1 aromatic rings. The highest BCUT2D eigenvalue weighted by molar-refractivity contribution is 6.36. The van der Waals surface area contributed by atoms with Gasteiger partial charge < -0.3 is 10.0 Å². The second-order valence-electron chi connectivity index (χ2n) is 9.57. The summed E-state index contributed by atoms with van der Waals surface area (Å²) in [4.78, 5) is 33.6. The summed E-state index contributed by atoms with van der Waals surface area (Å²) in [5.41, 5.74) is 4.25. The Hall–Kier alpha value is -2.18. The number of rotatable bonds is 5. The van der Waals surface area contributed by atoms with Gasteiger partial charge in [-0.3, -0.25) is 19.4 Å². The van der Waals surface area contributed by atoms with Gasteiger partial charge in [-0.1, -0.05) is 55.9 Å². The Morgan fingerprint density at radius 2 is 1.56 bits per heavy atom. The SMILES string of the molecule is Cc1ccc(C2=C(N3CCN(CCO)CC3)C(=O)N(C3CCCCCCC3)C2=O)c(C)c1. The highest BCUT2D eigenvalue weighted by atomic mass is 16.3. The van der Waals surface area contributed by atoms with Crippen LogP contribution in [0.4, 0.5) is 0 Å². The zero-order valence-electron chi connectivity index (χ0n) is 19.6. The second-order valence-corrected chi connectivity index (χ2v) is 9.57. The number of aliphatic hydroxyl groups is 1. The van der Waals surface area contributed by atoms with Gasteiger partial charge in [0, 0.05) is 38.8 Å². The molecule has 2 fully saturated rings. The lowest BCUT2D eigenvalue weighted by Crippen LogP contribution is -2.49. The predicted octanol–water partition coefficient (Wildman–Crippen LogP) is 3.11. The van der Waals surface area contributed by atoms with Gasteiger partial charge in [0.2, 0.25) is 0 Å². The molecule has 0 atom stereocenters. The average molecular weight is 440 g/mol. The van der Waals surface area contributed by atoms with Gasteiger partial charge in [-0.15, -0.1) is 0 Å². The molecular weight excluding hydrogens is 402 g/mol. The minimum Gasteiger partial charge on any atom is -0.395 e. The molecule has 1 N–H and O–H groups in total. The second kappa shape index (κ2) is 10.2. The van der Waals surface area contributed by atoms with Crippen molar-refractivity contribution in [2.75, 3.05) is 39.3 Å². The Morgan fingerprint density at radius 1 is 0.906 bits per heavy atom. The van der Waals surface area contributed by atoms with Crippen molar-refractivity contribution in [1.29, 1.82) is 0 Å². The summed E-state index contributed by atoms with van der Waals surface area (Å²) >= 11 is 0. The Morgan fingerprint density at radius 3 is 2.19 bits per heavy atom. The molecule has 0 radical (unpaired) electrons. The van der Waals surface area contributed by atoms with Crippen LogP contribution in [0.5, 0.6) is 0 Å². The smallest absolute Gasteiger partial charge is 0.278 e. The number of aliphatic hydroxyl groups excluding tert-OH is 1. The lowest BCUT2D eigenvalue weighted by Gasteiger charge is -2.36. The fourth-order valence-electron chi connectivity index (χ4n) is 5.53. The van der Waals surface area contributed by atoms with Crippen molar-refractivity contribution in [3.05, 3.63) is 40.6 Å². The van der Waals surface area contributed by atoms with Gasteiger partial charge in [-0.2, -0.15) is 0 Å². The fourth-order valence-corrected chi connectivity index (χ4v) is 5.53. The predicted molar refractivity (Wildman–Crippen MR) is 126 cm³/mol. The van der Waals surface area contributed by atoms with E-state index in [2.05, 4.69) is 22.8 Å². The van der Waals surface area contributed by atoms with Crippen molar-refractivity contribution in [3.8, 4) is 0 Å². The van der Waals surface area contributed by atoms with E-state index in [9.17, 15) is 14.7 Å². The van der Waals surface area contributed by atoms with E-state index in [0.717, 1.165) is 55.5 Å². The van der Waals surface area contributed by atoms with Gasteiger partial charge in [0.05, 0.1) is 12.2 Å². The van der Waals surface area contributed by atoms with Crippen LogP contribution in [0.1, 0.15) is 61.6 Å². The van der Waals surface area contributed by atoms with Gasteiger partial charge in [-0.05, 0) is 37.8 Å². The summed E-state index contributed by atoms with van der Waals surface area (Å²) in [5, 5.41) is 9.27. The van der Waals surface area contributed by atoms with Crippen LogP contribution in [-0.2, 0) is 9.59 Å². The first-order valence-corrected chi connectivity index (χ1v) is 12.3. The Bertz CT molecular complexity index is 878. The number of carbonyl (C=O) groups excluding carboxylic acids is 2. The first-order chi connectivity index (χ1) is 15.5. The monoisotopic (exact) mass is 439 g/mol. The van der Waals surface area contributed by atoms with Crippen molar-refractivity contribution in [1.82, 2.24) is 14.7 Å². The maximum Gasteiger partial charge on any atom is 0.278 e. The zero-order chi connectivity index (χ0) is 22.7. The van der Waals surface area contributed by atoms with Crippen LogP contribution >= 0.6 is 0 Å². The molecule has 1 saturated heterocycles. The van der Waals surface area contributed by atoms with Crippen LogP contribution < -0.4 is 0 Å². The molecule has 1 saturated carbocycles. The van der Waals surface area contributed by atoms with E-state index in [4.69, 9.17) is 0 Å². The van der Waals surface area contributed by atoms with E-state index in [1.807, 2.05) is 19.1 Å². The van der Waals surface area contributed by atoms with Gasteiger partial charge in [0.25, 0.3) is 11.8 Å². The number of carbonyl (C=O) groups is 2. The van der Waals surface area contributed by atoms with Crippen molar-refractivity contribution in [2.45, 2.75) is 64.8 Å². The molecule has 2 heterocycles. The minimum absolute atomic E-state index is 0.00392. The molecule has 2 aliphatic heterocycles. The molecule has 0 spiro atoms. The van der Waals surface area contributed by atoms with E-state index >= 15 is 0 Å². The van der Waals surface area contributed by atoms with E-state index in [-0.39, 0.29) is 24.5 Å². The first kappa shape index (κ1) is 23.0. The number of nitrogens with zero attached hydrogens (tertiary/aromatic N) is 3. The van der Waals surface area contributed by atoms with Crippen LogP contribution in [0.2, 0.25) is 0 Å². The first-order valence-electron chi connectivity index (χ1n) is 12.3. The molecule has 0 aromatic heterocycles. The summed E-state index contributed by atoms with van der Waals surface area (Å²) < 4.78 is 0.